The van der Waals surface area contributed by atoms with Crippen LogP contribution in [0, 0.1) is 17.2 Å². The molecule has 3 heterocycles. The molecule has 9 nitrogen and oxygen atoms in total. The number of nitriles is 1. The Kier molecular flexibility index (Phi) is 11.5. The Morgan fingerprint density at radius 1 is 1.00 bits per heavy atom. The molecule has 270 valence electrons. The molecular weight excluding hydrogens is 697 g/mol. The van der Waals surface area contributed by atoms with Crippen LogP contribution in [0.1, 0.15) is 66.5 Å². The van der Waals surface area contributed by atoms with Gasteiger partial charge in [0.25, 0.3) is 0 Å². The van der Waals surface area contributed by atoms with Crippen molar-refractivity contribution in [2.75, 3.05) is 32.8 Å². The molecule has 2 fully saturated rings. The monoisotopic (exact) mass is 739 g/mol. The number of benzene rings is 3. The number of aromatic nitrogens is 1. The number of pyridine rings is 1. The largest absolute Gasteiger partial charge is 0.492 e. The number of likely N-dealkylation sites (tertiary alicyclic amines) is 1. The molecule has 11 heteroatoms. The lowest BCUT2D eigenvalue weighted by atomic mass is 9.96. The van der Waals surface area contributed by atoms with Crippen molar-refractivity contribution in [3.63, 3.8) is 0 Å². The molecular formula is C41H43Cl2N5O4. The maximum Gasteiger partial charge on any atom is 0.220 e. The summed E-state index contributed by atoms with van der Waals surface area (Å²) in [7, 11) is 0. The van der Waals surface area contributed by atoms with Crippen LogP contribution in [0.2, 0.25) is 10.0 Å². The second-order valence-electron chi connectivity index (χ2n) is 13.8. The minimum Gasteiger partial charge on any atom is -0.492 e. The number of nitrogens with one attached hydrogen (secondary N) is 2. The second-order valence-corrected chi connectivity index (χ2v) is 14.6. The lowest BCUT2D eigenvalue weighted by Crippen LogP contribution is -2.45. The maximum atomic E-state index is 11.7. The molecule has 2 N–H and O–H groups in total. The molecule has 3 aliphatic rings. The van der Waals surface area contributed by atoms with Gasteiger partial charge in [-0.2, -0.15) is 5.26 Å². The Bertz CT molecular complexity index is 1960. The van der Waals surface area contributed by atoms with E-state index in [1.807, 2.05) is 24.3 Å². The van der Waals surface area contributed by atoms with Crippen LogP contribution < -0.4 is 24.8 Å². The van der Waals surface area contributed by atoms with Crippen molar-refractivity contribution < 1.29 is 19.0 Å². The molecule has 0 bridgehead atoms. The van der Waals surface area contributed by atoms with Gasteiger partial charge >= 0.3 is 0 Å². The summed E-state index contributed by atoms with van der Waals surface area (Å²) in [6.07, 6.45) is 7.00. The van der Waals surface area contributed by atoms with Gasteiger partial charge < -0.3 is 29.7 Å². The summed E-state index contributed by atoms with van der Waals surface area (Å²) in [6.45, 7) is 7.39. The Morgan fingerprint density at radius 2 is 1.87 bits per heavy atom. The van der Waals surface area contributed by atoms with Crippen LogP contribution in [0.4, 0.5) is 0 Å². The molecule has 0 spiro atoms. The van der Waals surface area contributed by atoms with Gasteiger partial charge in [-0.1, -0.05) is 60.5 Å². The number of nitrogens with zero attached hydrogens (tertiary/aromatic N) is 3. The molecule has 2 aliphatic heterocycles. The summed E-state index contributed by atoms with van der Waals surface area (Å²) in [5.74, 6) is 2.44. The molecule has 4 aromatic rings. The van der Waals surface area contributed by atoms with E-state index in [9.17, 15) is 10.1 Å². The van der Waals surface area contributed by atoms with Gasteiger partial charge in [0.2, 0.25) is 5.91 Å². The van der Waals surface area contributed by atoms with Crippen molar-refractivity contribution in [1.82, 2.24) is 20.5 Å². The third kappa shape index (κ3) is 8.32. The van der Waals surface area contributed by atoms with Crippen LogP contribution in [0.15, 0.2) is 67.0 Å². The normalized spacial score (nSPS) is 19.9. The van der Waals surface area contributed by atoms with Crippen molar-refractivity contribution in [1.29, 1.82) is 5.26 Å². The molecule has 2 saturated heterocycles. The van der Waals surface area contributed by atoms with Gasteiger partial charge in [-0.25, -0.2) is 0 Å². The van der Waals surface area contributed by atoms with E-state index in [0.717, 1.165) is 78.9 Å². The van der Waals surface area contributed by atoms with Crippen molar-refractivity contribution >= 4 is 29.1 Å². The first-order chi connectivity index (χ1) is 25.4. The van der Waals surface area contributed by atoms with Crippen LogP contribution in [-0.2, 0) is 24.4 Å². The van der Waals surface area contributed by atoms with Crippen molar-refractivity contribution in [3.8, 4) is 34.4 Å². The van der Waals surface area contributed by atoms with E-state index < -0.39 is 0 Å². The topological polar surface area (TPSA) is 109 Å². The molecule has 1 aliphatic carbocycles. The highest BCUT2D eigenvalue weighted by molar-refractivity contribution is 6.35. The van der Waals surface area contributed by atoms with E-state index in [0.29, 0.717) is 59.1 Å². The summed E-state index contributed by atoms with van der Waals surface area (Å²) < 4.78 is 19.3. The summed E-state index contributed by atoms with van der Waals surface area (Å²) in [5, 5.41) is 16.9. The zero-order valence-corrected chi connectivity index (χ0v) is 30.8. The van der Waals surface area contributed by atoms with Crippen LogP contribution in [0.25, 0.3) is 11.1 Å². The fourth-order valence-electron chi connectivity index (χ4n) is 7.41. The zero-order chi connectivity index (χ0) is 36.0. The molecule has 0 radical (unpaired) electrons. The lowest BCUT2D eigenvalue weighted by molar-refractivity contribution is -0.122. The minimum absolute atomic E-state index is 0.0735. The van der Waals surface area contributed by atoms with E-state index >= 15 is 0 Å². The number of halogens is 2. The fourth-order valence-corrected chi connectivity index (χ4v) is 7.92. The average Bonchev–Trinajstić information content (AvgIpc) is 3.81. The maximum absolute atomic E-state index is 11.7. The molecule has 0 saturated carbocycles. The highest BCUT2D eigenvalue weighted by Crippen LogP contribution is 2.45. The van der Waals surface area contributed by atoms with Crippen molar-refractivity contribution in [3.05, 3.63) is 105 Å². The number of amides is 1. The Hall–Kier alpha value is -4.33. The van der Waals surface area contributed by atoms with Crippen LogP contribution in [0.5, 0.6) is 17.2 Å². The van der Waals surface area contributed by atoms with Gasteiger partial charge in [-0.05, 0) is 73.7 Å². The number of fused-ring (bicyclic) bond motifs is 1. The first-order valence-electron chi connectivity index (χ1n) is 18.1. The highest BCUT2D eigenvalue weighted by Gasteiger charge is 2.29. The Morgan fingerprint density at radius 3 is 2.67 bits per heavy atom. The summed E-state index contributed by atoms with van der Waals surface area (Å²) >= 11 is 14.0. The van der Waals surface area contributed by atoms with E-state index in [-0.39, 0.29) is 24.7 Å². The first kappa shape index (κ1) is 36.0. The third-order valence-corrected chi connectivity index (χ3v) is 11.0. The minimum atomic E-state index is -0.214. The molecule has 1 amide bonds. The lowest BCUT2D eigenvalue weighted by Gasteiger charge is -2.24. The number of carbonyl (C=O) groups excluding carboxylic acids is 1. The summed E-state index contributed by atoms with van der Waals surface area (Å²) in [5.41, 5.74) is 6.46. The molecule has 7 rings (SSSR count). The molecule has 52 heavy (non-hydrogen) atoms. The second kappa shape index (κ2) is 16.6. The van der Waals surface area contributed by atoms with Gasteiger partial charge in [-0.3, -0.25) is 9.78 Å². The first-order valence-corrected chi connectivity index (χ1v) is 18.9. The van der Waals surface area contributed by atoms with E-state index in [4.69, 9.17) is 37.4 Å². The third-order valence-electron chi connectivity index (χ3n) is 10.3. The summed E-state index contributed by atoms with van der Waals surface area (Å²) in [6, 6.07) is 20.1. The van der Waals surface area contributed by atoms with Crippen LogP contribution in [-0.4, -0.2) is 54.6 Å². The number of hydrogen-bond acceptors (Lipinski definition) is 8. The van der Waals surface area contributed by atoms with E-state index in [1.54, 1.807) is 12.3 Å². The number of rotatable bonds is 13. The van der Waals surface area contributed by atoms with Gasteiger partial charge in [0.1, 0.15) is 36.0 Å². The predicted octanol–water partition coefficient (Wildman–Crippen LogP) is 7.66. The van der Waals surface area contributed by atoms with E-state index in [1.165, 1.54) is 11.8 Å². The predicted molar refractivity (Wildman–Crippen MR) is 202 cm³/mol. The standard InChI is InChI=1S/C41H43Cl2N5O4/c1-2-48-14-13-26(23-48)24-50-37-8-4-7-34(41(37)43)31-5-3-6-33-32(31)10-11-36(33)52-39-17-38(51-25-28-15-27(18-44)19-45-20-28)29(16-35(39)42)21-46-30-9-12-40(49)47-22-30/h3-8,15-17,19-20,26,30,36,46H,2,9-14,21-25H2,1H3,(H,47,49)/t26?,30-,36-/m0/s1. The van der Waals surface area contributed by atoms with Gasteiger partial charge in [-0.15, -0.1) is 0 Å². The fraction of sp³-hybridized carbons (Fsp3) is 0.390. The molecule has 3 aromatic carbocycles. The average molecular weight is 741 g/mol. The number of ether oxygens (including phenoxy) is 3. The van der Waals surface area contributed by atoms with Crippen molar-refractivity contribution in [2.24, 2.45) is 5.92 Å². The Labute approximate surface area is 315 Å². The van der Waals surface area contributed by atoms with Crippen LogP contribution >= 0.6 is 23.2 Å². The van der Waals surface area contributed by atoms with Crippen molar-refractivity contribution in [2.45, 2.75) is 64.3 Å². The number of hydrogen-bond donors (Lipinski definition) is 2. The SMILES string of the molecule is CCN1CCC(COc2cccc(-c3cccc4c3CC[C@@H]4Oc3cc(OCc4cncc(C#N)c4)c(CN[C@H]4CCC(=O)NC4)cc3Cl)c2Cl)C1. The summed E-state index contributed by atoms with van der Waals surface area (Å²) in [4.78, 5) is 18.3. The zero-order valence-electron chi connectivity index (χ0n) is 29.3. The smallest absolute Gasteiger partial charge is 0.220 e. The van der Waals surface area contributed by atoms with Gasteiger partial charge in [0.05, 0.1) is 22.2 Å². The van der Waals surface area contributed by atoms with Gasteiger partial charge in [0, 0.05) is 73.2 Å². The Balaban J connectivity index is 1.10. The molecule has 3 atom stereocenters. The van der Waals surface area contributed by atoms with E-state index in [2.05, 4.69) is 57.8 Å². The van der Waals surface area contributed by atoms with Gasteiger partial charge in [0.15, 0.2) is 0 Å². The highest BCUT2D eigenvalue weighted by atomic mass is 35.5. The van der Waals surface area contributed by atoms with Crippen LogP contribution in [0.3, 0.4) is 0 Å². The quantitative estimate of drug-likeness (QED) is 0.144. The number of carbonyl (C=O) groups is 1. The molecule has 1 unspecified atom stereocenters. The number of piperidine rings is 1. The molecule has 1 aromatic heterocycles.